The average Bonchev–Trinajstić information content (AvgIpc) is 2.53. The van der Waals surface area contributed by atoms with E-state index in [1.165, 1.54) is 0 Å². The van der Waals surface area contributed by atoms with Crippen molar-refractivity contribution < 1.29 is 9.90 Å². The third-order valence-electron chi connectivity index (χ3n) is 4.28. The van der Waals surface area contributed by atoms with Crippen molar-refractivity contribution in [2.24, 2.45) is 11.0 Å². The van der Waals surface area contributed by atoms with Gasteiger partial charge in [0.1, 0.15) is 5.75 Å². The maximum Gasteiger partial charge on any atom is 0.275 e. The molecular weight excluding hydrogens is 276 g/mol. The first kappa shape index (κ1) is 14.6. The first-order valence-electron chi connectivity index (χ1n) is 7.71. The molecule has 2 N–H and O–H groups in total. The van der Waals surface area contributed by atoms with Gasteiger partial charge in [-0.1, -0.05) is 31.2 Å². The summed E-state index contributed by atoms with van der Waals surface area (Å²) >= 11 is 0. The summed E-state index contributed by atoms with van der Waals surface area (Å²) in [6.45, 7) is 2.24. The summed E-state index contributed by atoms with van der Waals surface area (Å²) in [7, 11) is 0. The molecule has 1 saturated carbocycles. The Labute approximate surface area is 129 Å². The molecule has 4 heteroatoms. The molecule has 2 aromatic carbocycles. The van der Waals surface area contributed by atoms with Crippen LogP contribution in [0.3, 0.4) is 0 Å². The third kappa shape index (κ3) is 3.11. The van der Waals surface area contributed by atoms with E-state index in [2.05, 4.69) is 17.5 Å². The second-order valence-electron chi connectivity index (χ2n) is 6.02. The Kier molecular flexibility index (Phi) is 4.09. The van der Waals surface area contributed by atoms with Gasteiger partial charge in [-0.15, -0.1) is 0 Å². The molecule has 0 aromatic heterocycles. The lowest BCUT2D eigenvalue weighted by atomic mass is 9.90. The maximum absolute atomic E-state index is 12.2. The number of nitrogens with zero attached hydrogens (tertiary/aromatic N) is 1. The molecule has 3 rings (SSSR count). The fraction of sp³-hybridized carbons (Fsp3) is 0.333. The van der Waals surface area contributed by atoms with Gasteiger partial charge in [0, 0.05) is 5.71 Å². The predicted octanol–water partition coefficient (Wildman–Crippen LogP) is 3.84. The Balaban J connectivity index is 1.77. The summed E-state index contributed by atoms with van der Waals surface area (Å²) in [6.07, 6.45) is 4.11. The largest absolute Gasteiger partial charge is 0.507 e. The Hall–Kier alpha value is -2.36. The van der Waals surface area contributed by atoms with Crippen LogP contribution >= 0.6 is 0 Å². The quantitative estimate of drug-likeness (QED) is 0.827. The van der Waals surface area contributed by atoms with Gasteiger partial charge >= 0.3 is 0 Å². The van der Waals surface area contributed by atoms with E-state index >= 15 is 0 Å². The van der Waals surface area contributed by atoms with Gasteiger partial charge in [0.15, 0.2) is 0 Å². The smallest absolute Gasteiger partial charge is 0.275 e. The molecule has 0 heterocycles. The van der Waals surface area contributed by atoms with Crippen LogP contribution in [0.2, 0.25) is 0 Å². The molecule has 0 spiro atoms. The van der Waals surface area contributed by atoms with Crippen LogP contribution in [0.25, 0.3) is 10.8 Å². The van der Waals surface area contributed by atoms with Crippen LogP contribution in [-0.4, -0.2) is 16.7 Å². The molecule has 114 valence electrons. The van der Waals surface area contributed by atoms with Crippen molar-refractivity contribution in [3.63, 3.8) is 0 Å². The van der Waals surface area contributed by atoms with Crippen molar-refractivity contribution in [3.05, 3.63) is 42.0 Å². The normalized spacial score (nSPS) is 18.2. The molecule has 1 amide bonds. The molecule has 1 aliphatic carbocycles. The molecule has 22 heavy (non-hydrogen) atoms. The molecule has 1 fully saturated rings. The van der Waals surface area contributed by atoms with E-state index in [1.54, 1.807) is 12.1 Å². The first-order valence-corrected chi connectivity index (χ1v) is 7.71. The summed E-state index contributed by atoms with van der Waals surface area (Å²) in [5.74, 6) is 0.349. The maximum atomic E-state index is 12.2. The highest BCUT2D eigenvalue weighted by Crippen LogP contribution is 2.25. The lowest BCUT2D eigenvalue weighted by molar-refractivity contribution is 0.0952. The summed E-state index contributed by atoms with van der Waals surface area (Å²) in [4.78, 5) is 12.2. The number of phenolic OH excluding ortho intramolecular Hbond substituents is 1. The SMILES string of the molecule is CC1CCC(=NNC(=O)c2cc3ccccc3cc2O)CC1. The minimum Gasteiger partial charge on any atom is -0.507 e. The average molecular weight is 296 g/mol. The number of aromatic hydroxyl groups is 1. The fourth-order valence-corrected chi connectivity index (χ4v) is 2.81. The Morgan fingerprint density at radius 3 is 2.50 bits per heavy atom. The van der Waals surface area contributed by atoms with Crippen LogP contribution in [-0.2, 0) is 0 Å². The summed E-state index contributed by atoms with van der Waals surface area (Å²) in [5, 5.41) is 16.1. The number of hydrazone groups is 1. The summed E-state index contributed by atoms with van der Waals surface area (Å²) in [6, 6.07) is 10.9. The number of benzene rings is 2. The highest BCUT2D eigenvalue weighted by molar-refractivity contribution is 6.02. The van der Waals surface area contributed by atoms with Crippen LogP contribution < -0.4 is 5.43 Å². The first-order chi connectivity index (χ1) is 10.6. The zero-order chi connectivity index (χ0) is 15.5. The molecule has 0 bridgehead atoms. The van der Waals surface area contributed by atoms with E-state index in [4.69, 9.17) is 0 Å². The van der Waals surface area contributed by atoms with Gasteiger partial charge in [0.25, 0.3) is 5.91 Å². The molecule has 4 nitrogen and oxygen atoms in total. The number of carbonyl (C=O) groups excluding carboxylic acids is 1. The van der Waals surface area contributed by atoms with Crippen molar-refractivity contribution in [2.75, 3.05) is 0 Å². The van der Waals surface area contributed by atoms with E-state index < -0.39 is 0 Å². The highest BCUT2D eigenvalue weighted by atomic mass is 16.3. The number of carbonyl (C=O) groups is 1. The number of phenols is 1. The Bertz CT molecular complexity index is 727. The van der Waals surface area contributed by atoms with Crippen LogP contribution in [0.5, 0.6) is 5.75 Å². The highest BCUT2D eigenvalue weighted by Gasteiger charge is 2.15. The van der Waals surface area contributed by atoms with Gasteiger partial charge in [0.2, 0.25) is 0 Å². The Morgan fingerprint density at radius 1 is 1.18 bits per heavy atom. The van der Waals surface area contributed by atoms with E-state index in [9.17, 15) is 9.90 Å². The van der Waals surface area contributed by atoms with Gasteiger partial charge in [-0.3, -0.25) is 4.79 Å². The number of hydrogen-bond acceptors (Lipinski definition) is 3. The molecule has 0 radical (unpaired) electrons. The van der Waals surface area contributed by atoms with Gasteiger partial charge < -0.3 is 5.11 Å². The van der Waals surface area contributed by atoms with E-state index in [0.717, 1.165) is 48.1 Å². The molecule has 0 saturated heterocycles. The second kappa shape index (κ2) is 6.18. The van der Waals surface area contributed by atoms with Crippen LogP contribution in [0.4, 0.5) is 0 Å². The number of amides is 1. The van der Waals surface area contributed by atoms with E-state index in [-0.39, 0.29) is 17.2 Å². The van der Waals surface area contributed by atoms with Crippen LogP contribution in [0.1, 0.15) is 43.0 Å². The van der Waals surface area contributed by atoms with E-state index in [0.29, 0.717) is 0 Å². The minimum atomic E-state index is -0.366. The fourth-order valence-electron chi connectivity index (χ4n) is 2.81. The molecular formula is C18H20N2O2. The van der Waals surface area contributed by atoms with Gasteiger partial charge in [0.05, 0.1) is 5.56 Å². The molecule has 0 unspecified atom stereocenters. The lowest BCUT2D eigenvalue weighted by Gasteiger charge is -2.18. The minimum absolute atomic E-state index is 0.0198. The summed E-state index contributed by atoms with van der Waals surface area (Å²) in [5.41, 5.74) is 3.87. The van der Waals surface area contributed by atoms with Crippen LogP contribution in [0.15, 0.2) is 41.5 Å². The van der Waals surface area contributed by atoms with E-state index in [1.807, 2.05) is 24.3 Å². The number of hydrogen-bond donors (Lipinski definition) is 2. The Morgan fingerprint density at radius 2 is 1.82 bits per heavy atom. The monoisotopic (exact) mass is 296 g/mol. The zero-order valence-corrected chi connectivity index (χ0v) is 12.7. The third-order valence-corrected chi connectivity index (χ3v) is 4.28. The van der Waals surface area contributed by atoms with Crippen molar-refractivity contribution in [1.29, 1.82) is 0 Å². The van der Waals surface area contributed by atoms with Crippen LogP contribution in [0, 0.1) is 5.92 Å². The predicted molar refractivity (Wildman–Crippen MR) is 88.1 cm³/mol. The zero-order valence-electron chi connectivity index (χ0n) is 12.7. The molecule has 1 aliphatic rings. The van der Waals surface area contributed by atoms with Gasteiger partial charge in [-0.25, -0.2) is 5.43 Å². The standard InChI is InChI=1S/C18H20N2O2/c1-12-6-8-15(9-7-12)19-20-18(22)16-10-13-4-2-3-5-14(13)11-17(16)21/h2-5,10-12,21H,6-9H2,1H3,(H,20,22). The van der Waals surface area contributed by atoms with Crippen molar-refractivity contribution in [1.82, 2.24) is 5.43 Å². The van der Waals surface area contributed by atoms with Crippen molar-refractivity contribution in [3.8, 4) is 5.75 Å². The topological polar surface area (TPSA) is 61.7 Å². The second-order valence-corrected chi connectivity index (χ2v) is 6.02. The van der Waals surface area contributed by atoms with Crippen molar-refractivity contribution in [2.45, 2.75) is 32.6 Å². The van der Waals surface area contributed by atoms with Gasteiger partial charge in [-0.05, 0) is 54.5 Å². The van der Waals surface area contributed by atoms with Crippen molar-refractivity contribution >= 4 is 22.4 Å². The molecule has 2 aromatic rings. The van der Waals surface area contributed by atoms with Gasteiger partial charge in [-0.2, -0.15) is 5.10 Å². The number of rotatable bonds is 2. The number of nitrogens with one attached hydrogen (secondary N) is 1. The molecule has 0 atom stereocenters. The summed E-state index contributed by atoms with van der Waals surface area (Å²) < 4.78 is 0. The number of fused-ring (bicyclic) bond motifs is 1. The molecule has 0 aliphatic heterocycles. The lowest BCUT2D eigenvalue weighted by Crippen LogP contribution is -2.22.